The number of hydrogen-bond donors (Lipinski definition) is 1. The fraction of sp³-hybridized carbons (Fsp3) is 0.350. The van der Waals surface area contributed by atoms with Crippen LogP contribution in [0.3, 0.4) is 0 Å². The Kier molecular flexibility index (Phi) is 5.31. The molecule has 0 spiro atoms. The van der Waals surface area contributed by atoms with Crippen molar-refractivity contribution in [3.05, 3.63) is 64.2 Å². The van der Waals surface area contributed by atoms with E-state index < -0.39 is 0 Å². The summed E-state index contributed by atoms with van der Waals surface area (Å²) < 4.78 is 1.96. The summed E-state index contributed by atoms with van der Waals surface area (Å²) in [5.41, 5.74) is 0.548. The molecule has 1 amide bonds. The molecule has 0 aliphatic carbocycles. The van der Waals surface area contributed by atoms with Gasteiger partial charge < -0.3 is 5.32 Å². The van der Waals surface area contributed by atoms with E-state index in [9.17, 15) is 4.79 Å². The first-order valence-corrected chi connectivity index (χ1v) is 10.0. The molecule has 1 saturated heterocycles. The van der Waals surface area contributed by atoms with Crippen molar-refractivity contribution < 1.29 is 4.79 Å². The second-order valence-corrected chi connectivity index (χ2v) is 8.25. The van der Waals surface area contributed by atoms with Gasteiger partial charge in [-0.3, -0.25) is 14.7 Å². The molecule has 0 aromatic carbocycles. The Balaban J connectivity index is 1.36. The van der Waals surface area contributed by atoms with Crippen molar-refractivity contribution in [2.24, 2.45) is 0 Å². The van der Waals surface area contributed by atoms with Crippen molar-refractivity contribution in [1.29, 1.82) is 0 Å². The van der Waals surface area contributed by atoms with Crippen LogP contribution in [-0.4, -0.2) is 38.7 Å². The molecule has 3 aromatic heterocycles. The fourth-order valence-corrected chi connectivity index (χ4v) is 4.44. The lowest BCUT2D eigenvalue weighted by atomic mass is 10.1. The van der Waals surface area contributed by atoms with E-state index in [-0.39, 0.29) is 5.91 Å². The van der Waals surface area contributed by atoms with Crippen LogP contribution < -0.4 is 5.32 Å². The molecule has 7 heteroatoms. The number of hydrogen-bond acceptors (Lipinski definition) is 5. The molecule has 1 fully saturated rings. The van der Waals surface area contributed by atoms with Crippen LogP contribution in [0.5, 0.6) is 0 Å². The molecule has 0 atom stereocenters. The van der Waals surface area contributed by atoms with Crippen molar-refractivity contribution in [2.45, 2.75) is 32.4 Å². The number of likely N-dealkylation sites (tertiary alicyclic amines) is 1. The van der Waals surface area contributed by atoms with Crippen molar-refractivity contribution in [3.8, 4) is 0 Å². The summed E-state index contributed by atoms with van der Waals surface area (Å²) in [7, 11) is 0. The Morgan fingerprint density at radius 2 is 2.07 bits per heavy atom. The van der Waals surface area contributed by atoms with Crippen LogP contribution in [0.15, 0.2) is 48.9 Å². The summed E-state index contributed by atoms with van der Waals surface area (Å²) in [6.07, 6.45) is 7.04. The SMILES string of the molecule is Cc1ccc(CN2CCC(n3nccc3NC(=O)c3cccnc3)CC2)s1. The van der Waals surface area contributed by atoms with E-state index in [1.54, 1.807) is 30.7 Å². The predicted octanol–water partition coefficient (Wildman–Crippen LogP) is 3.74. The molecule has 0 bridgehead atoms. The number of anilines is 1. The van der Waals surface area contributed by atoms with Crippen LogP contribution in [0.4, 0.5) is 5.82 Å². The standard InChI is InChI=1S/C20H23N5OS/c1-15-4-5-18(27-15)14-24-11-7-17(8-12-24)25-19(6-10-22-25)23-20(26)16-3-2-9-21-13-16/h2-6,9-10,13,17H,7-8,11-12,14H2,1H3,(H,23,26). The second kappa shape index (κ2) is 8.02. The Morgan fingerprint density at radius 3 is 2.78 bits per heavy atom. The number of nitrogens with zero attached hydrogens (tertiary/aromatic N) is 4. The number of aryl methyl sites for hydroxylation is 1. The Bertz CT molecular complexity index is 896. The van der Waals surface area contributed by atoms with Crippen molar-refractivity contribution >= 4 is 23.1 Å². The molecule has 1 N–H and O–H groups in total. The maximum Gasteiger partial charge on any atom is 0.258 e. The molecule has 27 heavy (non-hydrogen) atoms. The summed E-state index contributed by atoms with van der Waals surface area (Å²) in [5, 5.41) is 7.44. The molecule has 0 unspecified atom stereocenters. The zero-order valence-electron chi connectivity index (χ0n) is 15.3. The number of pyridine rings is 1. The van der Waals surface area contributed by atoms with Gasteiger partial charge in [0.05, 0.1) is 17.8 Å². The third kappa shape index (κ3) is 4.26. The maximum absolute atomic E-state index is 12.4. The highest BCUT2D eigenvalue weighted by Gasteiger charge is 2.23. The molecule has 0 saturated carbocycles. The first-order valence-electron chi connectivity index (χ1n) is 9.21. The highest BCUT2D eigenvalue weighted by Crippen LogP contribution is 2.27. The zero-order valence-corrected chi connectivity index (χ0v) is 16.2. The summed E-state index contributed by atoms with van der Waals surface area (Å²) >= 11 is 1.88. The van der Waals surface area contributed by atoms with Gasteiger partial charge >= 0.3 is 0 Å². The van der Waals surface area contributed by atoms with E-state index in [1.165, 1.54) is 9.75 Å². The second-order valence-electron chi connectivity index (χ2n) is 6.88. The molecule has 4 rings (SSSR count). The minimum absolute atomic E-state index is 0.157. The zero-order chi connectivity index (χ0) is 18.6. The largest absolute Gasteiger partial charge is 0.307 e. The number of amides is 1. The number of aromatic nitrogens is 3. The van der Waals surface area contributed by atoms with Gasteiger partial charge in [0.2, 0.25) is 0 Å². The number of rotatable bonds is 5. The first-order chi connectivity index (χ1) is 13.2. The quantitative estimate of drug-likeness (QED) is 0.731. The van der Waals surface area contributed by atoms with Gasteiger partial charge in [0, 0.05) is 47.8 Å². The van der Waals surface area contributed by atoms with E-state index in [1.807, 2.05) is 22.1 Å². The van der Waals surface area contributed by atoms with Gasteiger partial charge in [-0.05, 0) is 44.0 Å². The van der Waals surface area contributed by atoms with E-state index >= 15 is 0 Å². The number of nitrogens with one attached hydrogen (secondary N) is 1. The van der Waals surface area contributed by atoms with Crippen LogP contribution in [0.1, 0.15) is 39.0 Å². The van der Waals surface area contributed by atoms with Crippen molar-refractivity contribution in [1.82, 2.24) is 19.7 Å². The minimum atomic E-state index is -0.157. The maximum atomic E-state index is 12.4. The molecule has 1 aliphatic heterocycles. The normalized spacial score (nSPS) is 15.7. The third-order valence-electron chi connectivity index (χ3n) is 4.91. The monoisotopic (exact) mass is 381 g/mol. The number of carbonyl (C=O) groups is 1. The summed E-state index contributed by atoms with van der Waals surface area (Å²) in [5.74, 6) is 0.589. The van der Waals surface area contributed by atoms with E-state index in [0.29, 0.717) is 11.6 Å². The topological polar surface area (TPSA) is 63.1 Å². The number of piperidine rings is 1. The van der Waals surface area contributed by atoms with Crippen molar-refractivity contribution in [3.63, 3.8) is 0 Å². The lowest BCUT2D eigenvalue weighted by Crippen LogP contribution is -2.34. The Morgan fingerprint density at radius 1 is 1.22 bits per heavy atom. The summed E-state index contributed by atoms with van der Waals surface area (Å²) in [4.78, 5) is 21.7. The average molecular weight is 382 g/mol. The molecular formula is C20H23N5OS. The summed E-state index contributed by atoms with van der Waals surface area (Å²) in [6.45, 7) is 5.25. The summed E-state index contributed by atoms with van der Waals surface area (Å²) in [6, 6.07) is 10.1. The van der Waals surface area contributed by atoms with E-state index in [2.05, 4.69) is 39.4 Å². The Hall–Kier alpha value is -2.51. The smallest absolute Gasteiger partial charge is 0.258 e. The predicted molar refractivity (Wildman–Crippen MR) is 107 cm³/mol. The molecule has 4 heterocycles. The lowest BCUT2D eigenvalue weighted by Gasteiger charge is -2.32. The highest BCUT2D eigenvalue weighted by molar-refractivity contribution is 7.11. The van der Waals surface area contributed by atoms with Crippen LogP contribution >= 0.6 is 11.3 Å². The van der Waals surface area contributed by atoms with Crippen LogP contribution in [0, 0.1) is 6.92 Å². The molecular weight excluding hydrogens is 358 g/mol. The van der Waals surface area contributed by atoms with Gasteiger partial charge in [-0.25, -0.2) is 4.68 Å². The first kappa shape index (κ1) is 17.9. The van der Waals surface area contributed by atoms with Crippen LogP contribution in [0.2, 0.25) is 0 Å². The van der Waals surface area contributed by atoms with Gasteiger partial charge in [-0.15, -0.1) is 11.3 Å². The lowest BCUT2D eigenvalue weighted by molar-refractivity contribution is 0.102. The molecule has 6 nitrogen and oxygen atoms in total. The fourth-order valence-electron chi connectivity index (χ4n) is 3.50. The minimum Gasteiger partial charge on any atom is -0.307 e. The van der Waals surface area contributed by atoms with Crippen molar-refractivity contribution in [2.75, 3.05) is 18.4 Å². The molecule has 0 radical (unpaired) electrons. The van der Waals surface area contributed by atoms with Gasteiger partial charge in [-0.1, -0.05) is 0 Å². The Labute approximate surface area is 162 Å². The molecule has 3 aromatic rings. The van der Waals surface area contributed by atoms with Crippen LogP contribution in [0.25, 0.3) is 0 Å². The van der Waals surface area contributed by atoms with E-state index in [0.717, 1.165) is 38.3 Å². The average Bonchev–Trinajstić information content (AvgIpc) is 3.32. The highest BCUT2D eigenvalue weighted by atomic mass is 32.1. The third-order valence-corrected chi connectivity index (χ3v) is 5.90. The van der Waals surface area contributed by atoms with Gasteiger partial charge in [0.25, 0.3) is 5.91 Å². The molecule has 140 valence electrons. The van der Waals surface area contributed by atoms with E-state index in [4.69, 9.17) is 0 Å². The molecule has 1 aliphatic rings. The van der Waals surface area contributed by atoms with Gasteiger partial charge in [-0.2, -0.15) is 5.10 Å². The van der Waals surface area contributed by atoms with Gasteiger partial charge in [0.15, 0.2) is 0 Å². The number of thiophene rings is 1. The van der Waals surface area contributed by atoms with Crippen LogP contribution in [-0.2, 0) is 6.54 Å². The number of carbonyl (C=O) groups excluding carboxylic acids is 1. The van der Waals surface area contributed by atoms with Gasteiger partial charge in [0.1, 0.15) is 5.82 Å².